The van der Waals surface area contributed by atoms with E-state index in [1.807, 2.05) is 0 Å². The van der Waals surface area contributed by atoms with E-state index in [1.54, 1.807) is 0 Å². The summed E-state index contributed by atoms with van der Waals surface area (Å²) >= 11 is 0. The van der Waals surface area contributed by atoms with Crippen molar-refractivity contribution in [1.29, 1.82) is 0 Å². The summed E-state index contributed by atoms with van der Waals surface area (Å²) in [5.41, 5.74) is 1.17. The molecule has 0 radical (unpaired) electrons. The van der Waals surface area contributed by atoms with Crippen LogP contribution in [-0.4, -0.2) is 66.1 Å². The van der Waals surface area contributed by atoms with Crippen LogP contribution in [0.3, 0.4) is 0 Å². The highest BCUT2D eigenvalue weighted by Crippen LogP contribution is 2.45. The monoisotopic (exact) mass is 588 g/mol. The van der Waals surface area contributed by atoms with E-state index in [0.29, 0.717) is 0 Å². The largest absolute Gasteiger partial charge is 0.290 e. The molecule has 3 saturated carbocycles. The predicted molar refractivity (Wildman–Crippen MR) is 187 cm³/mol. The molecule has 0 unspecified atom stereocenters. The Kier molecular flexibility index (Phi) is 11.5. The molecule has 0 atom stereocenters. The Hall–Kier alpha value is -0.120. The summed E-state index contributed by atoms with van der Waals surface area (Å²) in [6.45, 7) is 35.4. The van der Waals surface area contributed by atoms with Gasteiger partial charge in [-0.2, -0.15) is 0 Å². The van der Waals surface area contributed by atoms with E-state index in [9.17, 15) is 0 Å². The first-order chi connectivity index (χ1) is 19.1. The maximum absolute atomic E-state index is 3.06. The molecule has 0 amide bonds. The molecule has 3 fully saturated rings. The summed E-state index contributed by atoms with van der Waals surface area (Å²) in [6, 6.07) is 2.23. The smallest absolute Gasteiger partial charge is 0.0162 e. The fraction of sp³-hybridized carbons (Fsp3) is 1.00. The van der Waals surface area contributed by atoms with Crippen LogP contribution in [0.4, 0.5) is 0 Å². The topological polar surface area (TPSA) is 9.72 Å². The fourth-order valence-corrected chi connectivity index (χ4v) is 10.6. The van der Waals surface area contributed by atoms with Crippen molar-refractivity contribution in [2.75, 3.05) is 0 Å². The zero-order valence-corrected chi connectivity index (χ0v) is 31.4. The Bertz CT molecular complexity index is 823. The molecule has 3 aliphatic rings. The van der Waals surface area contributed by atoms with E-state index >= 15 is 0 Å². The molecule has 0 aliphatic heterocycles. The second kappa shape index (κ2) is 13.3. The second-order valence-corrected chi connectivity index (χ2v) is 19.5. The van der Waals surface area contributed by atoms with Gasteiger partial charge in [0.15, 0.2) is 0 Å². The summed E-state index contributed by atoms with van der Waals surface area (Å²) < 4.78 is 0. The summed E-state index contributed by atoms with van der Waals surface area (Å²) in [5, 5.41) is 0. The van der Waals surface area contributed by atoms with Gasteiger partial charge in [0.2, 0.25) is 0 Å². The van der Waals surface area contributed by atoms with E-state index in [0.717, 1.165) is 18.1 Å². The van der Waals surface area contributed by atoms with E-state index in [2.05, 4.69) is 112 Å². The van der Waals surface area contributed by atoms with Crippen molar-refractivity contribution < 1.29 is 0 Å². The second-order valence-electron chi connectivity index (χ2n) is 19.5. The van der Waals surface area contributed by atoms with E-state index < -0.39 is 0 Å². The Balaban J connectivity index is 1.80. The average Bonchev–Trinajstić information content (AvgIpc) is 3.31. The minimum Gasteiger partial charge on any atom is -0.290 e. The van der Waals surface area contributed by atoms with Crippen LogP contribution >= 0.6 is 0 Å². The summed E-state index contributed by atoms with van der Waals surface area (Å²) in [5.74, 6) is 0. The van der Waals surface area contributed by atoms with E-state index in [-0.39, 0.29) is 33.2 Å². The van der Waals surface area contributed by atoms with E-state index in [1.165, 1.54) is 103 Å². The number of hydrogen-bond acceptors (Lipinski definition) is 3. The fourth-order valence-electron chi connectivity index (χ4n) is 10.6. The van der Waals surface area contributed by atoms with E-state index in [4.69, 9.17) is 0 Å². The third-order valence-corrected chi connectivity index (χ3v) is 11.8. The maximum Gasteiger partial charge on any atom is 0.0162 e. The Morgan fingerprint density at radius 1 is 0.333 bits per heavy atom. The first-order valence-corrected chi connectivity index (χ1v) is 18.5. The lowest BCUT2D eigenvalue weighted by Gasteiger charge is -2.57. The molecule has 3 rings (SSSR count). The molecule has 0 N–H and O–H groups in total. The predicted octanol–water partition coefficient (Wildman–Crippen LogP) is 11.0. The van der Waals surface area contributed by atoms with Gasteiger partial charge in [0.25, 0.3) is 0 Å². The molecule has 0 aromatic heterocycles. The molecule has 42 heavy (non-hydrogen) atoms. The van der Waals surface area contributed by atoms with Crippen LogP contribution in [0.1, 0.15) is 200 Å². The van der Waals surface area contributed by atoms with Crippen LogP contribution in [0.5, 0.6) is 0 Å². The Morgan fingerprint density at radius 2 is 0.571 bits per heavy atom. The van der Waals surface area contributed by atoms with Crippen LogP contribution in [0.2, 0.25) is 0 Å². The normalized spacial score (nSPS) is 21.6. The zero-order valence-electron chi connectivity index (χ0n) is 31.4. The molecule has 0 aromatic rings. The SMILES string of the molecule is CC(C)(C)N(C1CCCCC1)C(C)(C)CCC(C)(C)N(C1CCCC1)C(C)(C)CCC(C)(C)N(C1CCC1)C(C)(C)C. The highest BCUT2D eigenvalue weighted by Gasteiger charge is 2.47. The number of nitrogens with zero attached hydrogens (tertiary/aromatic N) is 3. The van der Waals surface area contributed by atoms with Crippen LogP contribution in [-0.2, 0) is 0 Å². The third kappa shape index (κ3) is 8.78. The molecule has 0 spiro atoms. The van der Waals surface area contributed by atoms with Crippen molar-refractivity contribution in [2.45, 2.75) is 251 Å². The van der Waals surface area contributed by atoms with Gasteiger partial charge < -0.3 is 0 Å². The molecule has 248 valence electrons. The van der Waals surface area contributed by atoms with Crippen LogP contribution in [0, 0.1) is 0 Å². The minimum atomic E-state index is 0.174. The van der Waals surface area contributed by atoms with Gasteiger partial charge in [-0.15, -0.1) is 0 Å². The first kappa shape index (κ1) is 36.3. The quantitative estimate of drug-likeness (QED) is 0.212. The van der Waals surface area contributed by atoms with Gasteiger partial charge in [0, 0.05) is 51.4 Å². The molecule has 3 heteroatoms. The third-order valence-electron chi connectivity index (χ3n) is 11.8. The molecule has 0 bridgehead atoms. The van der Waals surface area contributed by atoms with Crippen molar-refractivity contribution in [3.05, 3.63) is 0 Å². The maximum atomic E-state index is 3.06. The lowest BCUT2D eigenvalue weighted by Crippen LogP contribution is -2.63. The van der Waals surface area contributed by atoms with Gasteiger partial charge >= 0.3 is 0 Å². The van der Waals surface area contributed by atoms with Crippen molar-refractivity contribution in [2.24, 2.45) is 0 Å². The highest BCUT2D eigenvalue weighted by molar-refractivity contribution is 5.03. The molecular weight excluding hydrogens is 510 g/mol. The van der Waals surface area contributed by atoms with Gasteiger partial charge in [0.05, 0.1) is 0 Å². The number of rotatable bonds is 13. The molecule has 0 saturated heterocycles. The van der Waals surface area contributed by atoms with Crippen LogP contribution in [0.15, 0.2) is 0 Å². The first-order valence-electron chi connectivity index (χ1n) is 18.5. The standard InChI is InChI=1S/C39H77N3/c1-34(2,3)40(31-21-16-15-17-22-31)36(7,8)27-29-38(11,12)42(33-23-18-19-24-33)39(13,14)30-28-37(9,10)41(35(4,5)6)32-25-20-26-32/h31-33H,15-30H2,1-14H3. The number of hydrogen-bond donors (Lipinski definition) is 0. The minimum absolute atomic E-state index is 0.174. The molecule has 3 nitrogen and oxygen atoms in total. The van der Waals surface area contributed by atoms with Crippen molar-refractivity contribution in [3.63, 3.8) is 0 Å². The molecule has 3 aliphatic carbocycles. The molecule has 0 aromatic carbocycles. The zero-order chi connectivity index (χ0) is 31.8. The van der Waals surface area contributed by atoms with Gasteiger partial charge in [-0.1, -0.05) is 38.5 Å². The molecule has 0 heterocycles. The van der Waals surface area contributed by atoms with Gasteiger partial charge in [0.1, 0.15) is 0 Å². The average molecular weight is 588 g/mol. The van der Waals surface area contributed by atoms with Crippen molar-refractivity contribution in [1.82, 2.24) is 14.7 Å². The Morgan fingerprint density at radius 3 is 0.833 bits per heavy atom. The lowest BCUT2D eigenvalue weighted by atomic mass is 9.77. The van der Waals surface area contributed by atoms with Gasteiger partial charge in [-0.05, 0) is 161 Å². The van der Waals surface area contributed by atoms with Crippen LogP contribution < -0.4 is 0 Å². The highest BCUT2D eigenvalue weighted by atomic mass is 15.3. The van der Waals surface area contributed by atoms with Gasteiger partial charge in [-0.25, -0.2) is 0 Å². The Labute approximate surface area is 265 Å². The molecular formula is C39H77N3. The lowest BCUT2D eigenvalue weighted by molar-refractivity contribution is -0.0749. The van der Waals surface area contributed by atoms with Crippen LogP contribution in [0.25, 0.3) is 0 Å². The summed E-state index contributed by atoms with van der Waals surface area (Å²) in [7, 11) is 0. The summed E-state index contributed by atoms with van der Waals surface area (Å²) in [4.78, 5) is 8.91. The van der Waals surface area contributed by atoms with Gasteiger partial charge in [-0.3, -0.25) is 14.7 Å². The van der Waals surface area contributed by atoms with Crippen molar-refractivity contribution >= 4 is 0 Å². The van der Waals surface area contributed by atoms with Crippen molar-refractivity contribution in [3.8, 4) is 0 Å². The summed E-state index contributed by atoms with van der Waals surface area (Å²) in [6.07, 6.45) is 21.8.